The van der Waals surface area contributed by atoms with Crippen LogP contribution < -0.4 is 0 Å². The molecule has 0 N–H and O–H groups in total. The molecule has 0 unspecified atom stereocenters. The van der Waals surface area contributed by atoms with E-state index >= 15 is 0 Å². The van der Waals surface area contributed by atoms with Crippen LogP contribution in [0.15, 0.2) is 180 Å². The molecule has 0 aliphatic heterocycles. The molecule has 0 atom stereocenters. The van der Waals surface area contributed by atoms with E-state index in [1.165, 1.54) is 30.9 Å². The van der Waals surface area contributed by atoms with E-state index in [1.807, 2.05) is 72.0 Å². The Kier molecular flexibility index (Phi) is 7.00. The van der Waals surface area contributed by atoms with Crippen molar-refractivity contribution in [1.29, 1.82) is 0 Å². The van der Waals surface area contributed by atoms with Crippen molar-refractivity contribution < 1.29 is 4.42 Å². The van der Waals surface area contributed by atoms with Crippen molar-refractivity contribution in [2.45, 2.75) is 0 Å². The number of fused-ring (bicyclic) bond motifs is 8. The van der Waals surface area contributed by atoms with Crippen LogP contribution in [0.3, 0.4) is 0 Å². The molecule has 0 spiro atoms. The SMILES string of the molecule is c1ccc(-c2cc(-c3ccc4c(c3)sc3c5ccccc5ccc43)cc(-c3nc(-c4ccccc4)nc(-c4cccc5oc6ccccc6c45)n3)c2)cc1. The first-order chi connectivity index (χ1) is 26.7. The van der Waals surface area contributed by atoms with Crippen LogP contribution in [-0.2, 0) is 0 Å². The lowest BCUT2D eigenvalue weighted by Crippen LogP contribution is -2.01. The predicted octanol–water partition coefficient (Wildman–Crippen LogP) is 13.6. The fraction of sp³-hybridized carbons (Fsp3) is 0. The van der Waals surface area contributed by atoms with Crippen LogP contribution >= 0.6 is 11.3 Å². The molecule has 0 fully saturated rings. The monoisotopic (exact) mass is 707 g/mol. The summed E-state index contributed by atoms with van der Waals surface area (Å²) in [6, 6.07) is 61.6. The van der Waals surface area contributed by atoms with Crippen molar-refractivity contribution in [2.24, 2.45) is 0 Å². The average molecular weight is 708 g/mol. The van der Waals surface area contributed by atoms with E-state index < -0.39 is 0 Å². The van der Waals surface area contributed by atoms with Gasteiger partial charge in [0.15, 0.2) is 17.5 Å². The number of para-hydroxylation sites is 1. The van der Waals surface area contributed by atoms with Gasteiger partial charge in [-0.25, -0.2) is 15.0 Å². The van der Waals surface area contributed by atoms with Gasteiger partial charge in [0.05, 0.1) is 0 Å². The molecule has 3 aromatic heterocycles. The Morgan fingerprint density at radius 2 is 1.00 bits per heavy atom. The molecular weight excluding hydrogens is 679 g/mol. The largest absolute Gasteiger partial charge is 0.456 e. The third kappa shape index (κ3) is 5.09. The third-order valence-corrected chi connectivity index (χ3v) is 11.5. The summed E-state index contributed by atoms with van der Waals surface area (Å²) in [4.78, 5) is 15.5. The van der Waals surface area contributed by atoms with Gasteiger partial charge in [-0.3, -0.25) is 0 Å². The first kappa shape index (κ1) is 30.7. The van der Waals surface area contributed by atoms with Crippen molar-refractivity contribution in [3.63, 3.8) is 0 Å². The highest BCUT2D eigenvalue weighted by Gasteiger charge is 2.19. The summed E-state index contributed by atoms with van der Waals surface area (Å²) in [6.45, 7) is 0. The maximum absolute atomic E-state index is 6.27. The van der Waals surface area contributed by atoms with E-state index in [-0.39, 0.29) is 0 Å². The Morgan fingerprint density at radius 3 is 1.83 bits per heavy atom. The predicted molar refractivity (Wildman–Crippen MR) is 225 cm³/mol. The normalized spacial score (nSPS) is 11.7. The van der Waals surface area contributed by atoms with Crippen molar-refractivity contribution in [2.75, 3.05) is 0 Å². The molecule has 0 amide bonds. The molecule has 0 saturated carbocycles. The first-order valence-electron chi connectivity index (χ1n) is 18.0. The van der Waals surface area contributed by atoms with Crippen molar-refractivity contribution in [1.82, 2.24) is 15.0 Å². The van der Waals surface area contributed by atoms with Gasteiger partial charge in [0, 0.05) is 47.6 Å². The molecule has 0 bridgehead atoms. The summed E-state index contributed by atoms with van der Waals surface area (Å²) < 4.78 is 8.86. The highest BCUT2D eigenvalue weighted by atomic mass is 32.1. The number of nitrogens with zero attached hydrogens (tertiary/aromatic N) is 3. The minimum absolute atomic E-state index is 0.599. The summed E-state index contributed by atoms with van der Waals surface area (Å²) in [5.74, 6) is 1.82. The van der Waals surface area contributed by atoms with Crippen LogP contribution in [-0.4, -0.2) is 15.0 Å². The van der Waals surface area contributed by atoms with Crippen LogP contribution in [0.1, 0.15) is 0 Å². The Labute approximate surface area is 314 Å². The second kappa shape index (κ2) is 12.3. The van der Waals surface area contributed by atoms with Gasteiger partial charge in [-0.1, -0.05) is 140 Å². The van der Waals surface area contributed by atoms with Crippen LogP contribution in [0.5, 0.6) is 0 Å². The first-order valence-corrected chi connectivity index (χ1v) is 18.8. The number of benzene rings is 8. The quantitative estimate of drug-likeness (QED) is 0.179. The molecule has 3 heterocycles. The van der Waals surface area contributed by atoms with Crippen LogP contribution in [0, 0.1) is 0 Å². The lowest BCUT2D eigenvalue weighted by Gasteiger charge is -2.13. The molecule has 8 aromatic carbocycles. The number of thiophene rings is 1. The maximum Gasteiger partial charge on any atom is 0.164 e. The second-order valence-electron chi connectivity index (χ2n) is 13.6. The standard InChI is InChI=1S/C49H29N3OS/c1-3-12-30(13-4-1)34-26-35(33-23-24-38-39-25-22-31-14-7-8-17-37(31)46(39)54-44(38)29-33)28-36(27-34)48-50-47(32-15-5-2-6-16-32)51-49(52-48)41-19-11-21-43-45(41)40-18-9-10-20-42(40)53-43/h1-29H. The molecule has 0 saturated heterocycles. The van der Waals surface area contributed by atoms with Gasteiger partial charge in [0.2, 0.25) is 0 Å². The summed E-state index contributed by atoms with van der Waals surface area (Å²) in [5, 5.41) is 7.16. The fourth-order valence-corrected chi connectivity index (χ4v) is 8.98. The van der Waals surface area contributed by atoms with Gasteiger partial charge < -0.3 is 4.42 Å². The van der Waals surface area contributed by atoms with Gasteiger partial charge in [-0.2, -0.15) is 0 Å². The van der Waals surface area contributed by atoms with Crippen molar-refractivity contribution in [3.05, 3.63) is 176 Å². The maximum atomic E-state index is 6.27. The lowest BCUT2D eigenvalue weighted by atomic mass is 9.95. The number of hydrogen-bond donors (Lipinski definition) is 0. The molecule has 4 nitrogen and oxygen atoms in total. The molecular formula is C49H29N3OS. The smallest absolute Gasteiger partial charge is 0.164 e. The average Bonchev–Trinajstić information content (AvgIpc) is 3.82. The Morgan fingerprint density at radius 1 is 0.370 bits per heavy atom. The van der Waals surface area contributed by atoms with Crippen molar-refractivity contribution in [3.8, 4) is 56.4 Å². The summed E-state index contributed by atoms with van der Waals surface area (Å²) >= 11 is 1.86. The lowest BCUT2D eigenvalue weighted by molar-refractivity contribution is 0.669. The Bertz CT molecular complexity index is 3220. The van der Waals surface area contributed by atoms with Crippen LogP contribution in [0.4, 0.5) is 0 Å². The van der Waals surface area contributed by atoms with Gasteiger partial charge in [0.25, 0.3) is 0 Å². The number of hydrogen-bond acceptors (Lipinski definition) is 5. The molecule has 54 heavy (non-hydrogen) atoms. The number of furan rings is 1. The zero-order chi connectivity index (χ0) is 35.6. The van der Waals surface area contributed by atoms with E-state index in [0.717, 1.165) is 60.9 Å². The molecule has 0 aliphatic rings. The van der Waals surface area contributed by atoms with Gasteiger partial charge >= 0.3 is 0 Å². The van der Waals surface area contributed by atoms with E-state index in [4.69, 9.17) is 19.4 Å². The molecule has 5 heteroatoms. The zero-order valence-corrected chi connectivity index (χ0v) is 29.7. The zero-order valence-electron chi connectivity index (χ0n) is 28.9. The molecule has 0 aliphatic carbocycles. The van der Waals surface area contributed by atoms with Gasteiger partial charge in [-0.15, -0.1) is 11.3 Å². The molecule has 252 valence electrons. The minimum Gasteiger partial charge on any atom is -0.456 e. The fourth-order valence-electron chi connectivity index (χ4n) is 7.71. The highest BCUT2D eigenvalue weighted by molar-refractivity contribution is 7.26. The van der Waals surface area contributed by atoms with Gasteiger partial charge in [0.1, 0.15) is 11.2 Å². The third-order valence-electron chi connectivity index (χ3n) is 10.3. The van der Waals surface area contributed by atoms with E-state index in [2.05, 4.69) is 115 Å². The topological polar surface area (TPSA) is 51.8 Å². The number of rotatable bonds is 5. The van der Waals surface area contributed by atoms with E-state index in [1.54, 1.807) is 0 Å². The number of aromatic nitrogens is 3. The Hall–Kier alpha value is -6.95. The van der Waals surface area contributed by atoms with E-state index in [0.29, 0.717) is 17.5 Å². The minimum atomic E-state index is 0.599. The summed E-state index contributed by atoms with van der Waals surface area (Å²) in [7, 11) is 0. The molecule has 11 aromatic rings. The molecule has 0 radical (unpaired) electrons. The Balaban J connectivity index is 1.14. The van der Waals surface area contributed by atoms with Gasteiger partial charge in [-0.05, 0) is 69.4 Å². The van der Waals surface area contributed by atoms with Crippen molar-refractivity contribution >= 4 is 64.2 Å². The highest BCUT2D eigenvalue weighted by Crippen LogP contribution is 2.42. The summed E-state index contributed by atoms with van der Waals surface area (Å²) in [6.07, 6.45) is 0. The van der Waals surface area contributed by atoms with E-state index in [9.17, 15) is 0 Å². The van der Waals surface area contributed by atoms with Crippen LogP contribution in [0.25, 0.3) is 109 Å². The second-order valence-corrected chi connectivity index (χ2v) is 14.6. The summed E-state index contributed by atoms with van der Waals surface area (Å²) in [5.41, 5.74) is 8.84. The molecule has 11 rings (SSSR count). The van der Waals surface area contributed by atoms with Crippen LogP contribution in [0.2, 0.25) is 0 Å².